The highest BCUT2D eigenvalue weighted by Crippen LogP contribution is 2.41. The molecule has 5 nitrogen and oxygen atoms in total. The third-order valence-electron chi connectivity index (χ3n) is 4.09. The van der Waals surface area contributed by atoms with E-state index >= 15 is 0 Å². The molecule has 3 aromatic rings. The second-order valence-electron chi connectivity index (χ2n) is 5.84. The number of imidazole rings is 1. The fourth-order valence-electron chi connectivity index (χ4n) is 2.87. The van der Waals surface area contributed by atoms with E-state index < -0.39 is 45.2 Å². The summed E-state index contributed by atoms with van der Waals surface area (Å²) in [6, 6.07) is 5.59. The Hall–Kier alpha value is -2.17. The van der Waals surface area contributed by atoms with Crippen molar-refractivity contribution in [3.8, 4) is 0 Å². The van der Waals surface area contributed by atoms with Gasteiger partial charge < -0.3 is 0 Å². The van der Waals surface area contributed by atoms with Gasteiger partial charge in [0.25, 0.3) is 10.0 Å². The van der Waals surface area contributed by atoms with Gasteiger partial charge in [-0.05, 0) is 29.8 Å². The largest absolute Gasteiger partial charge is 0.409 e. The number of benzene rings is 1. The molecule has 1 aromatic carbocycles. The zero-order chi connectivity index (χ0) is 20.7. The van der Waals surface area contributed by atoms with E-state index in [2.05, 4.69) is 4.98 Å². The number of halogens is 5. The Morgan fingerprint density at radius 2 is 1.82 bits per heavy atom. The summed E-state index contributed by atoms with van der Waals surface area (Å²) in [6.45, 7) is 0.762. The number of aromatic nitrogens is 2. The molecule has 0 aliphatic carbocycles. The molecular formula is C17H14ClF4N3O2S. The Balaban J connectivity index is 2.17. The van der Waals surface area contributed by atoms with Gasteiger partial charge in [0.15, 0.2) is 5.15 Å². The minimum absolute atomic E-state index is 0.174. The molecule has 0 bridgehead atoms. The molecule has 11 heteroatoms. The van der Waals surface area contributed by atoms with Crippen LogP contribution in [0.2, 0.25) is 5.15 Å². The van der Waals surface area contributed by atoms with E-state index in [0.717, 1.165) is 24.3 Å². The highest BCUT2D eigenvalue weighted by molar-refractivity contribution is 7.89. The fraction of sp³-hybridized carbons (Fsp3) is 0.235. The van der Waals surface area contributed by atoms with Crippen LogP contribution >= 0.6 is 11.6 Å². The Kier molecular flexibility index (Phi) is 5.39. The summed E-state index contributed by atoms with van der Waals surface area (Å²) in [5.41, 5.74) is -0.244. The lowest BCUT2D eigenvalue weighted by atomic mass is 10.1. The molecule has 0 saturated carbocycles. The van der Waals surface area contributed by atoms with E-state index in [-0.39, 0.29) is 15.1 Å². The first-order valence-electron chi connectivity index (χ1n) is 8.04. The number of pyridine rings is 1. The molecular weight excluding hydrogens is 422 g/mol. The Morgan fingerprint density at radius 3 is 2.36 bits per heavy atom. The number of rotatable bonds is 5. The van der Waals surface area contributed by atoms with E-state index in [1.165, 1.54) is 23.6 Å². The van der Waals surface area contributed by atoms with E-state index in [0.29, 0.717) is 0 Å². The number of hydrogen-bond acceptors (Lipinski definition) is 3. The van der Waals surface area contributed by atoms with E-state index in [9.17, 15) is 26.0 Å². The van der Waals surface area contributed by atoms with Crippen LogP contribution in [0.3, 0.4) is 0 Å². The van der Waals surface area contributed by atoms with Crippen molar-refractivity contribution < 1.29 is 26.0 Å². The maximum atomic E-state index is 13.8. The van der Waals surface area contributed by atoms with Crippen molar-refractivity contribution >= 4 is 27.3 Å². The molecule has 1 atom stereocenters. The number of fused-ring (bicyclic) bond motifs is 1. The van der Waals surface area contributed by atoms with Crippen molar-refractivity contribution in [2.45, 2.75) is 24.2 Å². The van der Waals surface area contributed by atoms with Crippen molar-refractivity contribution in [1.29, 1.82) is 0 Å². The minimum Gasteiger partial charge on any atom is -0.289 e. The predicted octanol–water partition coefficient (Wildman–Crippen LogP) is 4.44. The molecule has 0 radical (unpaired) electrons. The summed E-state index contributed by atoms with van der Waals surface area (Å²) in [7, 11) is -4.73. The van der Waals surface area contributed by atoms with Crippen LogP contribution in [0.4, 0.5) is 17.6 Å². The predicted molar refractivity (Wildman–Crippen MR) is 95.0 cm³/mol. The average Bonchev–Trinajstić information content (AvgIpc) is 2.97. The van der Waals surface area contributed by atoms with Crippen molar-refractivity contribution in [2.75, 3.05) is 6.54 Å². The maximum Gasteiger partial charge on any atom is 0.409 e. The lowest BCUT2D eigenvalue weighted by Crippen LogP contribution is -2.42. The zero-order valence-corrected chi connectivity index (χ0v) is 15.9. The summed E-state index contributed by atoms with van der Waals surface area (Å²) in [6.07, 6.45) is -3.51. The standard InChI is InChI=1S/C17H14ClF4N3O2S/c1-2-25(14(17(20,21)22)11-6-8-12(19)9-7-11)28(26,27)16-15(18)24-10-4-3-5-13(24)23-16/h3-10,14H,2H2,1H3/t14-/m1/s1. The van der Waals surface area contributed by atoms with Gasteiger partial charge in [-0.1, -0.05) is 36.7 Å². The lowest BCUT2D eigenvalue weighted by Gasteiger charge is -2.31. The number of nitrogens with zero attached hydrogens (tertiary/aromatic N) is 3. The van der Waals surface area contributed by atoms with Gasteiger partial charge in [0.1, 0.15) is 17.5 Å². The third kappa shape index (κ3) is 3.59. The van der Waals surface area contributed by atoms with E-state index in [4.69, 9.17) is 11.6 Å². The quantitative estimate of drug-likeness (QED) is 0.557. The molecule has 2 aromatic heterocycles. The molecule has 0 N–H and O–H groups in total. The summed E-state index contributed by atoms with van der Waals surface area (Å²) in [5.74, 6) is -0.737. The third-order valence-corrected chi connectivity index (χ3v) is 6.42. The first kappa shape index (κ1) is 20.6. The summed E-state index contributed by atoms with van der Waals surface area (Å²) in [4.78, 5) is 3.90. The molecule has 0 amide bonds. The number of alkyl halides is 3. The van der Waals surface area contributed by atoms with Gasteiger partial charge in [0.05, 0.1) is 0 Å². The van der Waals surface area contributed by atoms with Gasteiger partial charge in [-0.3, -0.25) is 4.40 Å². The van der Waals surface area contributed by atoms with Gasteiger partial charge in [-0.15, -0.1) is 0 Å². The molecule has 0 spiro atoms. The average molecular weight is 436 g/mol. The maximum absolute atomic E-state index is 13.8. The molecule has 28 heavy (non-hydrogen) atoms. The summed E-state index contributed by atoms with van der Waals surface area (Å²) >= 11 is 6.09. The van der Waals surface area contributed by atoms with E-state index in [1.54, 1.807) is 12.1 Å². The topological polar surface area (TPSA) is 54.7 Å². The first-order chi connectivity index (χ1) is 13.1. The van der Waals surface area contributed by atoms with Crippen molar-refractivity contribution in [2.24, 2.45) is 0 Å². The highest BCUT2D eigenvalue weighted by Gasteiger charge is 2.49. The Morgan fingerprint density at radius 1 is 1.18 bits per heavy atom. The van der Waals surface area contributed by atoms with Crippen LogP contribution in [0.25, 0.3) is 5.65 Å². The molecule has 3 rings (SSSR count). The van der Waals surface area contributed by atoms with Crippen LogP contribution in [-0.4, -0.2) is 34.8 Å². The molecule has 0 aliphatic rings. The highest BCUT2D eigenvalue weighted by atomic mass is 35.5. The Bertz CT molecular complexity index is 1100. The molecule has 0 aliphatic heterocycles. The van der Waals surface area contributed by atoms with Gasteiger partial charge >= 0.3 is 6.18 Å². The second-order valence-corrected chi connectivity index (χ2v) is 8.00. The van der Waals surface area contributed by atoms with Crippen molar-refractivity contribution in [1.82, 2.24) is 13.7 Å². The minimum atomic E-state index is -4.95. The van der Waals surface area contributed by atoms with Crippen LogP contribution in [-0.2, 0) is 10.0 Å². The van der Waals surface area contributed by atoms with Crippen molar-refractivity contribution in [3.05, 3.63) is 65.2 Å². The summed E-state index contributed by atoms with van der Waals surface area (Å²) in [5, 5.41) is -1.01. The van der Waals surface area contributed by atoms with Crippen LogP contribution in [0.1, 0.15) is 18.5 Å². The van der Waals surface area contributed by atoms with Gasteiger partial charge in [0, 0.05) is 12.7 Å². The smallest absolute Gasteiger partial charge is 0.289 e. The second kappa shape index (κ2) is 7.34. The monoisotopic (exact) mass is 435 g/mol. The first-order valence-corrected chi connectivity index (χ1v) is 9.85. The number of sulfonamides is 1. The normalized spacial score (nSPS) is 14.0. The molecule has 0 unspecified atom stereocenters. The summed E-state index contributed by atoms with van der Waals surface area (Å²) < 4.78 is 82.3. The SMILES string of the molecule is CCN([C@H](c1ccc(F)cc1)C(F)(F)F)S(=O)(=O)c1nc2ccccn2c1Cl. The Labute approximate surface area is 163 Å². The molecule has 0 saturated heterocycles. The van der Waals surface area contributed by atoms with Gasteiger partial charge in [0.2, 0.25) is 5.03 Å². The van der Waals surface area contributed by atoms with Crippen LogP contribution in [0, 0.1) is 5.82 Å². The van der Waals surface area contributed by atoms with Crippen LogP contribution in [0.5, 0.6) is 0 Å². The van der Waals surface area contributed by atoms with Gasteiger partial charge in [-0.2, -0.15) is 17.5 Å². The number of hydrogen-bond donors (Lipinski definition) is 0. The molecule has 0 fully saturated rings. The molecule has 2 heterocycles. The van der Waals surface area contributed by atoms with Crippen LogP contribution < -0.4 is 0 Å². The van der Waals surface area contributed by atoms with Crippen LogP contribution in [0.15, 0.2) is 53.7 Å². The zero-order valence-electron chi connectivity index (χ0n) is 14.4. The van der Waals surface area contributed by atoms with E-state index in [1.807, 2.05) is 0 Å². The molecule has 150 valence electrons. The van der Waals surface area contributed by atoms with Crippen molar-refractivity contribution in [3.63, 3.8) is 0 Å². The van der Waals surface area contributed by atoms with Gasteiger partial charge in [-0.25, -0.2) is 17.8 Å². The fourth-order valence-corrected chi connectivity index (χ4v) is 4.95. The lowest BCUT2D eigenvalue weighted by molar-refractivity contribution is -0.173.